The zero-order valence-corrected chi connectivity index (χ0v) is 44.8. The van der Waals surface area contributed by atoms with Gasteiger partial charge in [0.2, 0.25) is 0 Å². The first-order valence-electron chi connectivity index (χ1n) is 28.2. The molecule has 0 heterocycles. The third-order valence-corrected chi connectivity index (χ3v) is 23.4. The Morgan fingerprint density at radius 2 is 1.17 bits per heavy atom. The number of carbonyl (C=O) groups is 3. The van der Waals surface area contributed by atoms with Gasteiger partial charge in [0.1, 0.15) is 11.6 Å². The van der Waals surface area contributed by atoms with E-state index in [4.69, 9.17) is 4.74 Å². The molecule has 0 amide bonds. The number of ether oxygens (including phenoxy) is 1. The molecule has 0 aromatic rings. The molecule has 0 radical (unpaired) electrons. The molecule has 5 fully saturated rings. The molecule has 368 valence electrons. The zero-order chi connectivity index (χ0) is 47.4. The Bertz CT molecular complexity index is 1820. The largest absolute Gasteiger partial charge is 0.469 e. The van der Waals surface area contributed by atoms with Gasteiger partial charge >= 0.3 is 5.97 Å². The summed E-state index contributed by atoms with van der Waals surface area (Å²) in [6.07, 6.45) is 25.2. The van der Waals surface area contributed by atoms with Crippen LogP contribution in [-0.4, -0.2) is 24.6 Å². The highest BCUT2D eigenvalue weighted by atomic mass is 16.5. The van der Waals surface area contributed by atoms with Crippen LogP contribution >= 0.6 is 0 Å². The Labute approximate surface area is 400 Å². The summed E-state index contributed by atoms with van der Waals surface area (Å²) in [5.41, 5.74) is 6.62. The van der Waals surface area contributed by atoms with Gasteiger partial charge in [0.15, 0.2) is 0 Å². The normalized spacial score (nSPS) is 39.9. The van der Waals surface area contributed by atoms with Gasteiger partial charge in [-0.05, 0) is 203 Å². The van der Waals surface area contributed by atoms with Crippen molar-refractivity contribution in [3.05, 3.63) is 22.3 Å². The van der Waals surface area contributed by atoms with Crippen molar-refractivity contribution in [2.45, 2.75) is 238 Å². The topological polar surface area (TPSA) is 60.4 Å². The van der Waals surface area contributed by atoms with Crippen molar-refractivity contribution in [2.24, 2.45) is 98.1 Å². The van der Waals surface area contributed by atoms with Crippen molar-refractivity contribution in [3.63, 3.8) is 0 Å². The van der Waals surface area contributed by atoms with Gasteiger partial charge in [-0.3, -0.25) is 14.4 Å². The van der Waals surface area contributed by atoms with Crippen molar-refractivity contribution in [1.82, 2.24) is 0 Å². The van der Waals surface area contributed by atoms with E-state index in [9.17, 15) is 14.4 Å². The molecule has 5 saturated carbocycles. The fraction of sp³-hybridized carbons (Fsp3) is 0.885. The molecule has 7 rings (SSSR count). The zero-order valence-electron chi connectivity index (χ0n) is 44.8. The van der Waals surface area contributed by atoms with Gasteiger partial charge in [0, 0.05) is 24.2 Å². The number of hydrogen-bond acceptors (Lipinski definition) is 4. The van der Waals surface area contributed by atoms with Crippen LogP contribution in [0.4, 0.5) is 0 Å². The summed E-state index contributed by atoms with van der Waals surface area (Å²) in [6, 6.07) is 0. The predicted octanol–water partition coefficient (Wildman–Crippen LogP) is 16.5. The average molecular weight is 897 g/mol. The van der Waals surface area contributed by atoms with Crippen LogP contribution in [0.5, 0.6) is 0 Å². The minimum atomic E-state index is -0.635. The SMILES string of the molecule is CC[C@H](CC[C@@H](C)[C@H]1CCC2=C3CC[C@H]4C(C[C@]5(C(C)=O)CCC6=C7CC[C@H]([C@H](C)CC[C@@H](CC)C(C)C)[C@@]7(C)CC[C@@H]6[C@@]5(C)CCC(=O)OC)C(=O)CC[C@]4(C)[C@H]3CC[C@@]21C)C(C)C. The number of fused-ring (bicyclic) bond motifs is 6. The summed E-state index contributed by atoms with van der Waals surface area (Å²) >= 11 is 0. The second kappa shape index (κ2) is 19.6. The van der Waals surface area contributed by atoms with E-state index in [0.717, 1.165) is 74.0 Å². The Balaban J connectivity index is 1.17. The predicted molar refractivity (Wildman–Crippen MR) is 270 cm³/mol. The first kappa shape index (κ1) is 51.1. The molecule has 1 unspecified atom stereocenters. The minimum Gasteiger partial charge on any atom is -0.469 e. The van der Waals surface area contributed by atoms with Crippen LogP contribution in [0.2, 0.25) is 0 Å². The molecule has 4 heteroatoms. The molecule has 0 spiro atoms. The van der Waals surface area contributed by atoms with E-state index in [1.807, 2.05) is 18.1 Å². The molecule has 0 aromatic carbocycles. The molecule has 7 aliphatic carbocycles. The maximum atomic E-state index is 14.9. The minimum absolute atomic E-state index is 0.0867. The number of carbonyl (C=O) groups excluding carboxylic acids is 3. The fourth-order valence-corrected chi connectivity index (χ4v) is 19.2. The maximum Gasteiger partial charge on any atom is 0.305 e. The number of allylic oxidation sites excluding steroid dienone is 4. The van der Waals surface area contributed by atoms with Crippen molar-refractivity contribution in [1.29, 1.82) is 0 Å². The van der Waals surface area contributed by atoms with Gasteiger partial charge in [0.05, 0.1) is 7.11 Å². The van der Waals surface area contributed by atoms with Crippen LogP contribution in [-0.2, 0) is 19.1 Å². The van der Waals surface area contributed by atoms with Crippen LogP contribution in [0, 0.1) is 98.1 Å². The van der Waals surface area contributed by atoms with E-state index in [-0.39, 0.29) is 34.4 Å². The molecule has 65 heavy (non-hydrogen) atoms. The highest BCUT2D eigenvalue weighted by Gasteiger charge is 2.65. The molecule has 7 aliphatic rings. The smallest absolute Gasteiger partial charge is 0.305 e. The third-order valence-electron chi connectivity index (χ3n) is 23.4. The lowest BCUT2D eigenvalue weighted by Gasteiger charge is -2.62. The summed E-state index contributed by atoms with van der Waals surface area (Å²) in [5.74, 6) is 7.70. The highest BCUT2D eigenvalue weighted by molar-refractivity contribution is 5.87. The Hall–Kier alpha value is -1.71. The average Bonchev–Trinajstić information content (AvgIpc) is 3.81. The molecule has 0 saturated heterocycles. The van der Waals surface area contributed by atoms with Gasteiger partial charge in [-0.25, -0.2) is 0 Å². The second-order valence-corrected chi connectivity index (χ2v) is 26.3. The van der Waals surface area contributed by atoms with Gasteiger partial charge in [0.25, 0.3) is 0 Å². The lowest BCUT2D eigenvalue weighted by atomic mass is 9.41. The second-order valence-electron chi connectivity index (χ2n) is 26.3. The van der Waals surface area contributed by atoms with Crippen LogP contribution < -0.4 is 0 Å². The highest BCUT2D eigenvalue weighted by Crippen LogP contribution is 2.71. The number of ketones is 2. The molecule has 0 N–H and O–H groups in total. The third kappa shape index (κ3) is 8.70. The molecular weight excluding hydrogens is 797 g/mol. The number of hydrogen-bond donors (Lipinski definition) is 0. The van der Waals surface area contributed by atoms with Gasteiger partial charge < -0.3 is 4.74 Å². The van der Waals surface area contributed by atoms with Crippen molar-refractivity contribution >= 4 is 17.5 Å². The van der Waals surface area contributed by atoms with Crippen LogP contribution in [0.15, 0.2) is 22.3 Å². The van der Waals surface area contributed by atoms with Crippen LogP contribution in [0.3, 0.4) is 0 Å². The summed E-state index contributed by atoms with van der Waals surface area (Å²) in [7, 11) is 1.51. The first-order valence-corrected chi connectivity index (χ1v) is 28.2. The van der Waals surface area contributed by atoms with E-state index < -0.39 is 10.8 Å². The first-order chi connectivity index (χ1) is 30.7. The van der Waals surface area contributed by atoms with Crippen molar-refractivity contribution in [3.8, 4) is 0 Å². The van der Waals surface area contributed by atoms with Gasteiger partial charge in [-0.1, -0.05) is 131 Å². The fourth-order valence-electron chi connectivity index (χ4n) is 19.2. The molecular formula is C61H100O4. The van der Waals surface area contributed by atoms with E-state index in [1.54, 1.807) is 11.1 Å². The summed E-state index contributed by atoms with van der Waals surface area (Å²) in [4.78, 5) is 42.8. The Morgan fingerprint density at radius 3 is 1.66 bits per heavy atom. The number of esters is 1. The quantitative estimate of drug-likeness (QED) is 0.102. The van der Waals surface area contributed by atoms with Crippen molar-refractivity contribution < 1.29 is 19.1 Å². The van der Waals surface area contributed by atoms with Crippen molar-refractivity contribution in [2.75, 3.05) is 7.11 Å². The maximum absolute atomic E-state index is 14.9. The lowest BCUT2D eigenvalue weighted by Crippen LogP contribution is -2.58. The molecule has 4 nitrogen and oxygen atoms in total. The van der Waals surface area contributed by atoms with Gasteiger partial charge in [-0.2, -0.15) is 0 Å². The van der Waals surface area contributed by atoms with E-state index in [0.29, 0.717) is 60.6 Å². The molecule has 0 aliphatic heterocycles. The molecule has 0 aromatic heterocycles. The summed E-state index contributed by atoms with van der Waals surface area (Å²) < 4.78 is 5.34. The Morgan fingerprint density at radius 1 is 0.646 bits per heavy atom. The standard InChI is InChI=1S/C61H100O4/c1-15-43(38(3)4)19-17-40(7)48-23-25-50-45-21-22-52-47(55(63)30-34-59(52,12)53(45)28-32-57(48,50)10)37-61(42(9)62)36-27-46-51-26-24-49(41(8)18-20-44(16-2)39(5)6)58(51,11)33-29-54(46)60(61,13)35-31-56(64)65-14/h38-41,43-44,47-49,52-54H,15-37H2,1-14H3/t40-,41-,43-,44-,47?,48-,49-,52+,53+,54+,57-,58-,59+,60-,61+/m1/s1. The number of Topliss-reactive ketones (excluding diaryl/α,β-unsaturated/α-hetero) is 2. The molecule has 15 atom stereocenters. The Kier molecular flexibility index (Phi) is 15.4. The van der Waals surface area contributed by atoms with Crippen LogP contribution in [0.25, 0.3) is 0 Å². The summed E-state index contributed by atoms with van der Waals surface area (Å²) in [5, 5.41) is 0. The lowest BCUT2D eigenvalue weighted by molar-refractivity contribution is -0.158. The summed E-state index contributed by atoms with van der Waals surface area (Å²) in [6.45, 7) is 31.7. The van der Waals surface area contributed by atoms with Crippen LogP contribution in [0.1, 0.15) is 238 Å². The monoisotopic (exact) mass is 897 g/mol. The molecule has 0 bridgehead atoms. The van der Waals surface area contributed by atoms with Gasteiger partial charge in [-0.15, -0.1) is 0 Å². The van der Waals surface area contributed by atoms with E-state index in [2.05, 4.69) is 83.1 Å². The van der Waals surface area contributed by atoms with E-state index >= 15 is 0 Å². The van der Waals surface area contributed by atoms with E-state index in [1.165, 1.54) is 90.6 Å². The number of methoxy groups -OCH3 is 1. The number of rotatable bonds is 18.